The van der Waals surface area contributed by atoms with E-state index in [9.17, 15) is 0 Å². The largest absolute Gasteiger partial charge is 0.481 e. The Balaban J connectivity index is 2.07. The molecule has 2 aromatic heterocycles. The summed E-state index contributed by atoms with van der Waals surface area (Å²) in [4.78, 5) is 9.66. The maximum absolute atomic E-state index is 5.02. The van der Waals surface area contributed by atoms with Gasteiger partial charge in [0.05, 0.1) is 36.2 Å². The van der Waals surface area contributed by atoms with Crippen LogP contribution in [0.25, 0.3) is 0 Å². The van der Waals surface area contributed by atoms with Crippen LogP contribution >= 0.6 is 11.3 Å². The van der Waals surface area contributed by atoms with Gasteiger partial charge in [0.15, 0.2) is 0 Å². The molecular formula is C12H15N3OS. The summed E-state index contributed by atoms with van der Waals surface area (Å²) < 4.78 is 5.02. The number of nitrogens with one attached hydrogen (secondary N) is 1. The third kappa shape index (κ3) is 2.74. The Morgan fingerprint density at radius 1 is 1.35 bits per heavy atom. The van der Waals surface area contributed by atoms with Gasteiger partial charge in [0.1, 0.15) is 0 Å². The Kier molecular flexibility index (Phi) is 3.58. The van der Waals surface area contributed by atoms with E-state index in [4.69, 9.17) is 4.74 Å². The highest BCUT2D eigenvalue weighted by molar-refractivity contribution is 7.09. The van der Waals surface area contributed by atoms with E-state index in [0.29, 0.717) is 5.88 Å². The molecule has 90 valence electrons. The molecule has 0 saturated heterocycles. The SMILES string of the molecule is COc1ccc(NC(C)c2scnc2C)cn1. The fourth-order valence-electron chi connectivity index (χ4n) is 1.63. The van der Waals surface area contributed by atoms with E-state index < -0.39 is 0 Å². The van der Waals surface area contributed by atoms with Crippen LogP contribution in [0.15, 0.2) is 23.8 Å². The van der Waals surface area contributed by atoms with E-state index in [1.54, 1.807) is 24.6 Å². The predicted molar refractivity (Wildman–Crippen MR) is 69.7 cm³/mol. The Bertz CT molecular complexity index is 481. The quantitative estimate of drug-likeness (QED) is 0.904. The Labute approximate surface area is 105 Å². The van der Waals surface area contributed by atoms with Crippen LogP contribution in [0.1, 0.15) is 23.5 Å². The van der Waals surface area contributed by atoms with Gasteiger partial charge in [-0.3, -0.25) is 0 Å². The average Bonchev–Trinajstić information content (AvgIpc) is 2.76. The van der Waals surface area contributed by atoms with Gasteiger partial charge in [-0.25, -0.2) is 9.97 Å². The van der Waals surface area contributed by atoms with Gasteiger partial charge in [0.2, 0.25) is 5.88 Å². The summed E-state index contributed by atoms with van der Waals surface area (Å²) in [6, 6.07) is 4.03. The number of methoxy groups -OCH3 is 1. The molecule has 1 unspecified atom stereocenters. The molecule has 0 radical (unpaired) electrons. The standard InChI is InChI=1S/C12H15N3OS/c1-8-12(17-7-14-8)9(2)15-10-4-5-11(16-3)13-6-10/h4-7,9,15H,1-3H3. The smallest absolute Gasteiger partial charge is 0.213 e. The fourth-order valence-corrected chi connectivity index (χ4v) is 2.44. The minimum absolute atomic E-state index is 0.234. The van der Waals surface area contributed by atoms with E-state index in [0.717, 1.165) is 11.4 Å². The van der Waals surface area contributed by atoms with Crippen molar-refractivity contribution in [3.8, 4) is 5.88 Å². The van der Waals surface area contributed by atoms with Gasteiger partial charge in [-0.1, -0.05) is 0 Å². The number of hydrogen-bond acceptors (Lipinski definition) is 5. The molecule has 5 heteroatoms. The molecule has 2 rings (SSSR count). The zero-order valence-electron chi connectivity index (χ0n) is 10.1. The van der Waals surface area contributed by atoms with Crippen LogP contribution in [0, 0.1) is 6.92 Å². The second-order valence-electron chi connectivity index (χ2n) is 3.76. The zero-order valence-corrected chi connectivity index (χ0v) is 10.9. The summed E-state index contributed by atoms with van der Waals surface area (Å²) in [5.41, 5.74) is 3.93. The van der Waals surface area contributed by atoms with Gasteiger partial charge in [-0.05, 0) is 19.9 Å². The predicted octanol–water partition coefficient (Wildman–Crippen LogP) is 3.03. The summed E-state index contributed by atoms with van der Waals surface area (Å²) in [7, 11) is 1.61. The van der Waals surface area contributed by atoms with Crippen LogP contribution in [0.2, 0.25) is 0 Å². The maximum Gasteiger partial charge on any atom is 0.213 e. The van der Waals surface area contributed by atoms with Crippen LogP contribution < -0.4 is 10.1 Å². The summed E-state index contributed by atoms with van der Waals surface area (Å²) in [5, 5.41) is 3.39. The van der Waals surface area contributed by atoms with E-state index in [1.165, 1.54) is 4.88 Å². The summed E-state index contributed by atoms with van der Waals surface area (Å²) >= 11 is 1.67. The molecule has 17 heavy (non-hydrogen) atoms. The molecule has 0 aliphatic carbocycles. The second-order valence-corrected chi connectivity index (χ2v) is 4.64. The highest BCUT2D eigenvalue weighted by Crippen LogP contribution is 2.25. The third-order valence-corrected chi connectivity index (χ3v) is 3.62. The molecule has 2 heterocycles. The van der Waals surface area contributed by atoms with Gasteiger partial charge in [0.25, 0.3) is 0 Å². The van der Waals surface area contributed by atoms with Crippen molar-refractivity contribution in [1.29, 1.82) is 0 Å². The summed E-state index contributed by atoms with van der Waals surface area (Å²) in [6.45, 7) is 4.14. The molecule has 0 aromatic carbocycles. The molecule has 1 N–H and O–H groups in total. The van der Waals surface area contributed by atoms with Gasteiger partial charge in [0, 0.05) is 10.9 Å². The summed E-state index contributed by atoms with van der Waals surface area (Å²) in [6.07, 6.45) is 1.77. The number of anilines is 1. The molecule has 0 bridgehead atoms. The Morgan fingerprint density at radius 2 is 2.18 bits per heavy atom. The lowest BCUT2D eigenvalue weighted by molar-refractivity contribution is 0.398. The number of hydrogen-bond donors (Lipinski definition) is 1. The molecular weight excluding hydrogens is 234 g/mol. The number of pyridine rings is 1. The second kappa shape index (κ2) is 5.14. The highest BCUT2D eigenvalue weighted by atomic mass is 32.1. The number of aromatic nitrogens is 2. The first-order chi connectivity index (χ1) is 8.20. The van der Waals surface area contributed by atoms with Crippen molar-refractivity contribution in [2.75, 3.05) is 12.4 Å². The lowest BCUT2D eigenvalue weighted by Crippen LogP contribution is -2.06. The van der Waals surface area contributed by atoms with Crippen molar-refractivity contribution in [3.05, 3.63) is 34.4 Å². The minimum atomic E-state index is 0.234. The van der Waals surface area contributed by atoms with Crippen molar-refractivity contribution in [3.63, 3.8) is 0 Å². The van der Waals surface area contributed by atoms with Crippen LogP contribution in [0.4, 0.5) is 5.69 Å². The first-order valence-electron chi connectivity index (χ1n) is 5.37. The molecule has 0 amide bonds. The van der Waals surface area contributed by atoms with Crippen LogP contribution in [0.3, 0.4) is 0 Å². The van der Waals surface area contributed by atoms with Crippen molar-refractivity contribution in [1.82, 2.24) is 9.97 Å². The van der Waals surface area contributed by atoms with Crippen LogP contribution in [0.5, 0.6) is 5.88 Å². The van der Waals surface area contributed by atoms with Crippen molar-refractivity contribution in [2.24, 2.45) is 0 Å². The molecule has 0 aliphatic heterocycles. The number of ether oxygens (including phenoxy) is 1. The number of aryl methyl sites for hydroxylation is 1. The monoisotopic (exact) mass is 249 g/mol. The van der Waals surface area contributed by atoms with Crippen molar-refractivity contribution in [2.45, 2.75) is 19.9 Å². The van der Waals surface area contributed by atoms with Gasteiger partial charge in [-0.2, -0.15) is 0 Å². The number of nitrogens with zero attached hydrogens (tertiary/aromatic N) is 2. The van der Waals surface area contributed by atoms with Crippen molar-refractivity contribution >= 4 is 17.0 Å². The zero-order chi connectivity index (χ0) is 12.3. The Hall–Kier alpha value is -1.62. The van der Waals surface area contributed by atoms with E-state index in [1.807, 2.05) is 24.6 Å². The summed E-state index contributed by atoms with van der Waals surface area (Å²) in [5.74, 6) is 0.622. The van der Waals surface area contributed by atoms with E-state index in [2.05, 4.69) is 22.2 Å². The van der Waals surface area contributed by atoms with Crippen molar-refractivity contribution < 1.29 is 4.74 Å². The molecule has 0 aliphatic rings. The Morgan fingerprint density at radius 3 is 2.71 bits per heavy atom. The number of thiazole rings is 1. The third-order valence-electron chi connectivity index (χ3n) is 2.50. The van der Waals surface area contributed by atoms with E-state index in [-0.39, 0.29) is 6.04 Å². The molecule has 0 spiro atoms. The molecule has 0 saturated carbocycles. The topological polar surface area (TPSA) is 47.0 Å². The van der Waals surface area contributed by atoms with E-state index >= 15 is 0 Å². The lowest BCUT2D eigenvalue weighted by Gasteiger charge is -2.14. The lowest BCUT2D eigenvalue weighted by atomic mass is 10.2. The average molecular weight is 249 g/mol. The minimum Gasteiger partial charge on any atom is -0.481 e. The van der Waals surface area contributed by atoms with Gasteiger partial charge in [-0.15, -0.1) is 11.3 Å². The first-order valence-corrected chi connectivity index (χ1v) is 6.25. The maximum atomic E-state index is 5.02. The number of rotatable bonds is 4. The fraction of sp³-hybridized carbons (Fsp3) is 0.333. The molecule has 1 atom stereocenters. The van der Waals surface area contributed by atoms with Crippen LogP contribution in [-0.4, -0.2) is 17.1 Å². The highest BCUT2D eigenvalue weighted by Gasteiger charge is 2.10. The normalized spacial score (nSPS) is 12.2. The van der Waals surface area contributed by atoms with Gasteiger partial charge >= 0.3 is 0 Å². The van der Waals surface area contributed by atoms with Gasteiger partial charge < -0.3 is 10.1 Å². The molecule has 4 nitrogen and oxygen atoms in total. The molecule has 0 fully saturated rings. The first kappa shape index (κ1) is 11.9. The van der Waals surface area contributed by atoms with Crippen LogP contribution in [-0.2, 0) is 0 Å². The molecule has 2 aromatic rings.